The molecule has 1 aromatic carbocycles. The zero-order valence-electron chi connectivity index (χ0n) is 15.4. The lowest BCUT2D eigenvalue weighted by Gasteiger charge is -2.34. The van der Waals surface area contributed by atoms with Crippen molar-refractivity contribution in [2.45, 2.75) is 38.5 Å². The Morgan fingerprint density at radius 1 is 1.11 bits per heavy atom. The SMILES string of the molecule is O=C1CCC(N2Cc3cc(CN4CCN(C(F)F)CC4)ccc3C2=O)C(=O)N1. The number of fused-ring (bicyclic) bond motifs is 1. The van der Waals surface area contributed by atoms with E-state index in [0.29, 0.717) is 51.3 Å². The van der Waals surface area contributed by atoms with Gasteiger partial charge in [-0.3, -0.25) is 24.6 Å². The number of nitrogens with zero attached hydrogens (tertiary/aromatic N) is 3. The van der Waals surface area contributed by atoms with E-state index in [1.807, 2.05) is 12.1 Å². The van der Waals surface area contributed by atoms with Gasteiger partial charge < -0.3 is 4.90 Å². The maximum Gasteiger partial charge on any atom is 0.294 e. The van der Waals surface area contributed by atoms with E-state index >= 15 is 0 Å². The van der Waals surface area contributed by atoms with Gasteiger partial charge in [0.25, 0.3) is 12.5 Å². The van der Waals surface area contributed by atoms with Gasteiger partial charge in [0.15, 0.2) is 0 Å². The summed E-state index contributed by atoms with van der Waals surface area (Å²) >= 11 is 0. The van der Waals surface area contributed by atoms with Gasteiger partial charge in [-0.1, -0.05) is 12.1 Å². The first-order valence-electron chi connectivity index (χ1n) is 9.43. The van der Waals surface area contributed by atoms with Gasteiger partial charge in [-0.2, -0.15) is 8.78 Å². The monoisotopic (exact) mass is 392 g/mol. The fourth-order valence-electron chi connectivity index (χ4n) is 4.10. The number of piperidine rings is 1. The fourth-order valence-corrected chi connectivity index (χ4v) is 4.10. The van der Waals surface area contributed by atoms with Crippen LogP contribution in [0.3, 0.4) is 0 Å². The molecule has 150 valence electrons. The number of piperazine rings is 1. The maximum atomic E-state index is 12.7. The number of amides is 3. The molecule has 0 aliphatic carbocycles. The van der Waals surface area contributed by atoms with E-state index in [2.05, 4.69) is 10.2 Å². The van der Waals surface area contributed by atoms with Crippen LogP contribution in [0.5, 0.6) is 0 Å². The van der Waals surface area contributed by atoms with Crippen molar-refractivity contribution < 1.29 is 23.2 Å². The van der Waals surface area contributed by atoms with Crippen LogP contribution >= 0.6 is 0 Å². The molecule has 3 heterocycles. The van der Waals surface area contributed by atoms with E-state index in [9.17, 15) is 23.2 Å². The van der Waals surface area contributed by atoms with Gasteiger partial charge in [-0.15, -0.1) is 0 Å². The highest BCUT2D eigenvalue weighted by molar-refractivity contribution is 6.05. The first-order valence-corrected chi connectivity index (χ1v) is 9.43. The Labute approximate surface area is 161 Å². The molecular formula is C19H22F2N4O3. The summed E-state index contributed by atoms with van der Waals surface area (Å²) < 4.78 is 25.4. The van der Waals surface area contributed by atoms with Gasteiger partial charge in [0.2, 0.25) is 11.8 Å². The van der Waals surface area contributed by atoms with Crippen LogP contribution < -0.4 is 5.32 Å². The molecule has 1 unspecified atom stereocenters. The molecule has 0 spiro atoms. The van der Waals surface area contributed by atoms with Crippen molar-refractivity contribution in [2.75, 3.05) is 26.2 Å². The largest absolute Gasteiger partial charge is 0.322 e. The molecule has 2 saturated heterocycles. The molecule has 7 nitrogen and oxygen atoms in total. The molecule has 0 aromatic heterocycles. The predicted molar refractivity (Wildman–Crippen MR) is 95.3 cm³/mol. The van der Waals surface area contributed by atoms with Gasteiger partial charge in [-0.05, 0) is 23.6 Å². The van der Waals surface area contributed by atoms with E-state index in [4.69, 9.17) is 0 Å². The van der Waals surface area contributed by atoms with Crippen LogP contribution in [-0.4, -0.2) is 71.2 Å². The number of halogens is 2. The van der Waals surface area contributed by atoms with Crippen LogP contribution in [0, 0.1) is 0 Å². The molecule has 0 saturated carbocycles. The van der Waals surface area contributed by atoms with Gasteiger partial charge in [-0.25, -0.2) is 4.90 Å². The quantitative estimate of drug-likeness (QED) is 0.606. The number of nitrogens with one attached hydrogen (secondary N) is 1. The molecule has 2 fully saturated rings. The summed E-state index contributed by atoms with van der Waals surface area (Å²) in [4.78, 5) is 40.9. The first kappa shape index (κ1) is 18.9. The first-order chi connectivity index (χ1) is 13.4. The summed E-state index contributed by atoms with van der Waals surface area (Å²) in [5.41, 5.74) is 2.46. The molecule has 3 amide bonds. The lowest BCUT2D eigenvalue weighted by molar-refractivity contribution is -0.136. The third-order valence-corrected chi connectivity index (χ3v) is 5.68. The second-order valence-electron chi connectivity index (χ2n) is 7.48. The van der Waals surface area contributed by atoms with Crippen molar-refractivity contribution in [1.29, 1.82) is 0 Å². The minimum atomic E-state index is -2.41. The van der Waals surface area contributed by atoms with Crippen molar-refractivity contribution in [3.63, 3.8) is 0 Å². The molecular weight excluding hydrogens is 370 g/mol. The maximum absolute atomic E-state index is 12.7. The average Bonchev–Trinajstić information content (AvgIpc) is 2.98. The van der Waals surface area contributed by atoms with Crippen LogP contribution in [0.1, 0.15) is 34.3 Å². The molecule has 9 heteroatoms. The minimum absolute atomic E-state index is 0.193. The number of carbonyl (C=O) groups excluding carboxylic acids is 3. The van der Waals surface area contributed by atoms with E-state index in [1.165, 1.54) is 4.90 Å². The summed E-state index contributed by atoms with van der Waals surface area (Å²) in [7, 11) is 0. The highest BCUT2D eigenvalue weighted by atomic mass is 19.3. The number of hydrogen-bond donors (Lipinski definition) is 1. The standard InChI is InChI=1S/C19H22F2N4O3/c20-19(21)24-7-5-23(6-8-24)10-12-1-2-14-13(9-12)11-25(18(14)28)15-3-4-16(26)22-17(15)27/h1-2,9,15,19H,3-8,10-11H2,(H,22,26,27). The predicted octanol–water partition coefficient (Wildman–Crippen LogP) is 0.788. The third-order valence-electron chi connectivity index (χ3n) is 5.68. The van der Waals surface area contributed by atoms with Crippen molar-refractivity contribution >= 4 is 17.7 Å². The highest BCUT2D eigenvalue weighted by Gasteiger charge is 2.39. The highest BCUT2D eigenvalue weighted by Crippen LogP contribution is 2.28. The Morgan fingerprint density at radius 3 is 2.54 bits per heavy atom. The van der Waals surface area contributed by atoms with Crippen LogP contribution in [-0.2, 0) is 22.7 Å². The molecule has 3 aliphatic heterocycles. The zero-order chi connectivity index (χ0) is 19.8. The van der Waals surface area contributed by atoms with Gasteiger partial charge in [0.05, 0.1) is 0 Å². The normalized spacial score (nSPS) is 24.0. The molecule has 0 bridgehead atoms. The van der Waals surface area contributed by atoms with E-state index in [-0.39, 0.29) is 18.2 Å². The van der Waals surface area contributed by atoms with Crippen molar-refractivity contribution in [2.24, 2.45) is 0 Å². The molecule has 1 aromatic rings. The van der Waals surface area contributed by atoms with Gasteiger partial charge in [0.1, 0.15) is 6.04 Å². The second kappa shape index (κ2) is 7.56. The topological polar surface area (TPSA) is 73.0 Å². The van der Waals surface area contributed by atoms with E-state index in [1.54, 1.807) is 6.07 Å². The van der Waals surface area contributed by atoms with Crippen molar-refractivity contribution in [3.05, 3.63) is 34.9 Å². The number of imide groups is 1. The smallest absolute Gasteiger partial charge is 0.294 e. The van der Waals surface area contributed by atoms with Crippen molar-refractivity contribution in [1.82, 2.24) is 20.0 Å². The fraction of sp³-hybridized carbons (Fsp3) is 0.526. The van der Waals surface area contributed by atoms with Crippen LogP contribution in [0.4, 0.5) is 8.78 Å². The Morgan fingerprint density at radius 2 is 1.86 bits per heavy atom. The summed E-state index contributed by atoms with van der Waals surface area (Å²) in [5, 5.41) is 2.29. The van der Waals surface area contributed by atoms with Crippen LogP contribution in [0.2, 0.25) is 0 Å². The number of benzene rings is 1. The summed E-state index contributed by atoms with van der Waals surface area (Å²) in [6, 6.07) is 4.99. The molecule has 3 aliphatic rings. The number of alkyl halides is 2. The minimum Gasteiger partial charge on any atom is -0.322 e. The Bertz CT molecular complexity index is 808. The Hall–Kier alpha value is -2.39. The average molecular weight is 392 g/mol. The second-order valence-corrected chi connectivity index (χ2v) is 7.48. The number of rotatable bonds is 4. The molecule has 4 rings (SSSR count). The van der Waals surface area contributed by atoms with Gasteiger partial charge in [0, 0.05) is 51.3 Å². The molecule has 1 atom stereocenters. The van der Waals surface area contributed by atoms with Gasteiger partial charge >= 0.3 is 0 Å². The Kier molecular flexibility index (Phi) is 5.11. The summed E-state index contributed by atoms with van der Waals surface area (Å²) in [5.74, 6) is -0.921. The molecule has 0 radical (unpaired) electrons. The third kappa shape index (κ3) is 3.64. The van der Waals surface area contributed by atoms with Crippen LogP contribution in [0.25, 0.3) is 0 Å². The zero-order valence-corrected chi connectivity index (χ0v) is 15.4. The number of hydrogen-bond acceptors (Lipinski definition) is 5. The summed E-state index contributed by atoms with van der Waals surface area (Å²) in [6.07, 6.45) is 0.568. The number of carbonyl (C=O) groups is 3. The molecule has 1 N–H and O–H groups in total. The van der Waals surface area contributed by atoms with E-state index in [0.717, 1.165) is 16.0 Å². The lowest BCUT2D eigenvalue weighted by atomic mass is 10.0. The van der Waals surface area contributed by atoms with Crippen molar-refractivity contribution in [3.8, 4) is 0 Å². The Balaban J connectivity index is 1.41. The molecule has 28 heavy (non-hydrogen) atoms. The van der Waals surface area contributed by atoms with Crippen LogP contribution in [0.15, 0.2) is 18.2 Å². The lowest BCUT2D eigenvalue weighted by Crippen LogP contribution is -2.52. The van der Waals surface area contributed by atoms with E-state index < -0.39 is 18.5 Å². The summed E-state index contributed by atoms with van der Waals surface area (Å²) in [6.45, 7) is 0.386.